The van der Waals surface area contributed by atoms with Crippen LogP contribution in [-0.4, -0.2) is 13.7 Å². The van der Waals surface area contributed by atoms with Crippen LogP contribution in [0.15, 0.2) is 18.2 Å². The number of rotatable bonds is 4. The molecule has 0 amide bonds. The van der Waals surface area contributed by atoms with E-state index in [9.17, 15) is 0 Å². The van der Waals surface area contributed by atoms with Gasteiger partial charge in [0.1, 0.15) is 5.75 Å². The molecule has 0 aliphatic rings. The average Bonchev–Trinajstić information content (AvgIpc) is 2.18. The zero-order valence-electron chi connectivity index (χ0n) is 8.50. The lowest BCUT2D eigenvalue weighted by Gasteiger charge is -2.07. The van der Waals surface area contributed by atoms with Gasteiger partial charge in [-0.1, -0.05) is 12.1 Å². The Morgan fingerprint density at radius 3 is 2.86 bits per heavy atom. The van der Waals surface area contributed by atoms with Crippen molar-refractivity contribution >= 4 is 0 Å². The molecule has 0 aliphatic heterocycles. The first-order chi connectivity index (χ1) is 6.77. The van der Waals surface area contributed by atoms with E-state index in [2.05, 4.69) is 11.4 Å². The predicted octanol–water partition coefficient (Wildman–Crippen LogP) is 1.62. The van der Waals surface area contributed by atoms with Gasteiger partial charge in [0.25, 0.3) is 0 Å². The van der Waals surface area contributed by atoms with Crippen LogP contribution in [0.25, 0.3) is 0 Å². The highest BCUT2D eigenvalue weighted by Crippen LogP contribution is 2.18. The molecular formula is C11H14N2O. The van der Waals surface area contributed by atoms with Crippen LogP contribution in [0.3, 0.4) is 0 Å². The first-order valence-corrected chi connectivity index (χ1v) is 4.49. The van der Waals surface area contributed by atoms with Crippen LogP contribution in [0, 0.1) is 18.3 Å². The summed E-state index contributed by atoms with van der Waals surface area (Å²) in [6.45, 7) is 3.11. The topological polar surface area (TPSA) is 45.0 Å². The Kier molecular flexibility index (Phi) is 3.96. The molecule has 0 fully saturated rings. The second-order valence-electron chi connectivity index (χ2n) is 3.07. The van der Waals surface area contributed by atoms with Gasteiger partial charge in [-0.25, -0.2) is 0 Å². The molecule has 0 radical (unpaired) electrons. The smallest absolute Gasteiger partial charge is 0.121 e. The highest BCUT2D eigenvalue weighted by molar-refractivity contribution is 5.36. The van der Waals surface area contributed by atoms with Gasteiger partial charge in [0.2, 0.25) is 0 Å². The Labute approximate surface area is 84.3 Å². The van der Waals surface area contributed by atoms with Gasteiger partial charge >= 0.3 is 0 Å². The molecule has 0 spiro atoms. The molecule has 0 saturated carbocycles. The number of nitrogens with one attached hydrogen (secondary N) is 1. The largest absolute Gasteiger partial charge is 0.496 e. The van der Waals surface area contributed by atoms with Crippen molar-refractivity contribution in [1.29, 1.82) is 5.26 Å². The zero-order valence-corrected chi connectivity index (χ0v) is 8.50. The third-order valence-corrected chi connectivity index (χ3v) is 1.99. The van der Waals surface area contributed by atoms with Crippen LogP contribution >= 0.6 is 0 Å². The number of nitriles is 1. The molecule has 3 nitrogen and oxygen atoms in total. The molecule has 0 heterocycles. The van der Waals surface area contributed by atoms with Crippen molar-refractivity contribution < 1.29 is 4.74 Å². The predicted molar refractivity (Wildman–Crippen MR) is 55.1 cm³/mol. The minimum absolute atomic E-state index is 0.380. The first-order valence-electron chi connectivity index (χ1n) is 4.49. The van der Waals surface area contributed by atoms with E-state index in [1.807, 2.05) is 25.1 Å². The lowest BCUT2D eigenvalue weighted by atomic mass is 10.1. The van der Waals surface area contributed by atoms with Crippen molar-refractivity contribution in [3.63, 3.8) is 0 Å². The maximum absolute atomic E-state index is 8.35. The molecule has 1 N–H and O–H groups in total. The quantitative estimate of drug-likeness (QED) is 0.579. The summed E-state index contributed by atoms with van der Waals surface area (Å²) in [6.07, 6.45) is 0. The second-order valence-corrected chi connectivity index (χ2v) is 3.07. The molecule has 0 bridgehead atoms. The lowest BCUT2D eigenvalue weighted by molar-refractivity contribution is 0.411. The Hall–Kier alpha value is -1.53. The molecule has 1 aromatic carbocycles. The van der Waals surface area contributed by atoms with Gasteiger partial charge in [0.05, 0.1) is 19.7 Å². The van der Waals surface area contributed by atoms with Crippen LogP contribution in [0.5, 0.6) is 5.75 Å². The fourth-order valence-electron chi connectivity index (χ4n) is 1.31. The molecular weight excluding hydrogens is 176 g/mol. The third-order valence-electron chi connectivity index (χ3n) is 1.99. The van der Waals surface area contributed by atoms with E-state index in [0.717, 1.165) is 17.9 Å². The van der Waals surface area contributed by atoms with Crippen molar-refractivity contribution in [1.82, 2.24) is 5.32 Å². The van der Waals surface area contributed by atoms with Crippen LogP contribution in [0.4, 0.5) is 0 Å². The number of ether oxygens (including phenoxy) is 1. The van der Waals surface area contributed by atoms with E-state index in [1.54, 1.807) is 7.11 Å². The Morgan fingerprint density at radius 2 is 2.29 bits per heavy atom. The summed E-state index contributed by atoms with van der Waals surface area (Å²) in [6, 6.07) is 8.04. The van der Waals surface area contributed by atoms with Gasteiger partial charge in [0, 0.05) is 6.54 Å². The molecule has 0 aliphatic carbocycles. The van der Waals surface area contributed by atoms with Gasteiger partial charge in [-0.2, -0.15) is 5.26 Å². The minimum Gasteiger partial charge on any atom is -0.496 e. The average molecular weight is 190 g/mol. The summed E-state index contributed by atoms with van der Waals surface area (Å²) < 4.78 is 5.15. The van der Waals surface area contributed by atoms with Crippen molar-refractivity contribution in [2.45, 2.75) is 13.5 Å². The summed E-state index contributed by atoms with van der Waals surface area (Å²) in [5, 5.41) is 11.4. The molecule has 14 heavy (non-hydrogen) atoms. The maximum Gasteiger partial charge on any atom is 0.121 e. The van der Waals surface area contributed by atoms with Crippen molar-refractivity contribution in [3.8, 4) is 11.8 Å². The van der Waals surface area contributed by atoms with Crippen LogP contribution in [0.2, 0.25) is 0 Å². The summed E-state index contributed by atoms with van der Waals surface area (Å²) in [7, 11) is 1.66. The fourth-order valence-corrected chi connectivity index (χ4v) is 1.31. The molecule has 0 aromatic heterocycles. The van der Waals surface area contributed by atoms with E-state index >= 15 is 0 Å². The Bertz CT molecular complexity index is 342. The Morgan fingerprint density at radius 1 is 1.50 bits per heavy atom. The van der Waals surface area contributed by atoms with Gasteiger partial charge in [-0.05, 0) is 24.1 Å². The van der Waals surface area contributed by atoms with Crippen molar-refractivity contribution in [2.75, 3.05) is 13.7 Å². The molecule has 0 atom stereocenters. The van der Waals surface area contributed by atoms with Gasteiger partial charge in [0.15, 0.2) is 0 Å². The monoisotopic (exact) mass is 190 g/mol. The summed E-state index contributed by atoms with van der Waals surface area (Å²) in [4.78, 5) is 0. The minimum atomic E-state index is 0.380. The Balaban J connectivity index is 2.63. The molecule has 74 valence electrons. The van der Waals surface area contributed by atoms with Crippen LogP contribution in [-0.2, 0) is 6.54 Å². The highest BCUT2D eigenvalue weighted by atomic mass is 16.5. The molecule has 3 heteroatoms. The summed E-state index contributed by atoms with van der Waals surface area (Å²) >= 11 is 0. The summed E-state index contributed by atoms with van der Waals surface area (Å²) in [5.41, 5.74) is 2.28. The number of methoxy groups -OCH3 is 1. The normalized spacial score (nSPS) is 9.50. The van der Waals surface area contributed by atoms with Crippen LogP contribution < -0.4 is 10.1 Å². The maximum atomic E-state index is 8.35. The van der Waals surface area contributed by atoms with E-state index in [0.29, 0.717) is 6.54 Å². The fraction of sp³-hybridized carbons (Fsp3) is 0.364. The number of aryl methyl sites for hydroxylation is 1. The highest BCUT2D eigenvalue weighted by Gasteiger charge is 1.98. The van der Waals surface area contributed by atoms with Crippen molar-refractivity contribution in [2.24, 2.45) is 0 Å². The van der Waals surface area contributed by atoms with E-state index in [4.69, 9.17) is 10.00 Å². The number of hydrogen-bond acceptors (Lipinski definition) is 3. The molecule has 1 rings (SSSR count). The summed E-state index contributed by atoms with van der Waals surface area (Å²) in [5.74, 6) is 0.897. The van der Waals surface area contributed by atoms with Gasteiger partial charge in [-0.15, -0.1) is 0 Å². The molecule has 1 aromatic rings. The zero-order chi connectivity index (χ0) is 10.4. The number of nitrogens with zero attached hydrogens (tertiary/aromatic N) is 1. The van der Waals surface area contributed by atoms with E-state index in [1.165, 1.54) is 5.56 Å². The second kappa shape index (κ2) is 5.25. The van der Waals surface area contributed by atoms with Crippen LogP contribution in [0.1, 0.15) is 11.1 Å². The number of benzene rings is 1. The lowest BCUT2D eigenvalue weighted by Crippen LogP contribution is -2.12. The van der Waals surface area contributed by atoms with E-state index < -0.39 is 0 Å². The van der Waals surface area contributed by atoms with Gasteiger partial charge in [-0.3, -0.25) is 0 Å². The third kappa shape index (κ3) is 2.75. The first kappa shape index (κ1) is 10.6. The van der Waals surface area contributed by atoms with Gasteiger partial charge < -0.3 is 10.1 Å². The SMILES string of the molecule is COc1ccc(CNCC#N)cc1C. The van der Waals surface area contributed by atoms with E-state index in [-0.39, 0.29) is 0 Å². The van der Waals surface area contributed by atoms with Crippen molar-refractivity contribution in [3.05, 3.63) is 29.3 Å². The molecule has 0 saturated heterocycles. The standard InChI is InChI=1S/C11H14N2O/c1-9-7-10(8-13-6-5-12)3-4-11(9)14-2/h3-4,7,13H,6,8H2,1-2H3. The number of hydrogen-bond donors (Lipinski definition) is 1. The molecule has 0 unspecified atom stereocenters.